The summed E-state index contributed by atoms with van der Waals surface area (Å²) in [6, 6.07) is 18.4. The number of nitrogens with zero attached hydrogens (tertiary/aromatic N) is 3. The Morgan fingerprint density at radius 2 is 1.97 bits per heavy atom. The Morgan fingerprint density at radius 3 is 2.76 bits per heavy atom. The van der Waals surface area contributed by atoms with E-state index in [1.165, 1.54) is 0 Å². The van der Waals surface area contributed by atoms with Gasteiger partial charge < -0.3 is 15.4 Å². The van der Waals surface area contributed by atoms with Crippen LogP contribution in [0.25, 0.3) is 0 Å². The molecule has 0 atom stereocenters. The average molecular weight is 387 g/mol. The van der Waals surface area contributed by atoms with Crippen LogP contribution in [0.15, 0.2) is 54.6 Å². The number of aryl methyl sites for hydroxylation is 1. The average Bonchev–Trinajstić information content (AvgIpc) is 2.73. The van der Waals surface area contributed by atoms with Gasteiger partial charge >= 0.3 is 0 Å². The number of para-hydroxylation sites is 1. The largest absolute Gasteiger partial charge is 0.496 e. The summed E-state index contributed by atoms with van der Waals surface area (Å²) in [5, 5.41) is 14.9. The highest BCUT2D eigenvalue weighted by Crippen LogP contribution is 2.18. The lowest BCUT2D eigenvalue weighted by atomic mass is 10.1. The SMILES string of the molecule is COc1ccccc1CCNC(=O)c1cc(C)nc(Nc2cccc(C#N)c2)n1. The molecule has 29 heavy (non-hydrogen) atoms. The minimum atomic E-state index is -0.278. The zero-order valence-electron chi connectivity index (χ0n) is 16.3. The first-order valence-electron chi connectivity index (χ1n) is 9.12. The molecule has 2 aromatic carbocycles. The molecule has 0 aliphatic heterocycles. The van der Waals surface area contributed by atoms with E-state index < -0.39 is 0 Å². The van der Waals surface area contributed by atoms with Crippen LogP contribution in [-0.2, 0) is 6.42 Å². The van der Waals surface area contributed by atoms with Crippen molar-refractivity contribution in [1.29, 1.82) is 5.26 Å². The summed E-state index contributed by atoms with van der Waals surface area (Å²) in [6.45, 7) is 2.25. The molecule has 0 saturated carbocycles. The van der Waals surface area contributed by atoms with Crippen molar-refractivity contribution in [3.05, 3.63) is 77.1 Å². The molecule has 1 aromatic heterocycles. The van der Waals surface area contributed by atoms with Crippen LogP contribution in [0.5, 0.6) is 5.75 Å². The van der Waals surface area contributed by atoms with E-state index in [0.717, 1.165) is 11.3 Å². The first kappa shape index (κ1) is 19.8. The van der Waals surface area contributed by atoms with Crippen molar-refractivity contribution < 1.29 is 9.53 Å². The third kappa shape index (κ3) is 5.30. The highest BCUT2D eigenvalue weighted by Gasteiger charge is 2.11. The van der Waals surface area contributed by atoms with Gasteiger partial charge in [-0.1, -0.05) is 24.3 Å². The molecule has 146 valence electrons. The molecular weight excluding hydrogens is 366 g/mol. The minimum absolute atomic E-state index is 0.275. The Kier molecular flexibility index (Phi) is 6.38. The lowest BCUT2D eigenvalue weighted by Gasteiger charge is -2.10. The maximum atomic E-state index is 12.5. The van der Waals surface area contributed by atoms with Gasteiger partial charge in [0.05, 0.1) is 18.7 Å². The first-order valence-corrected chi connectivity index (χ1v) is 9.12. The molecule has 7 heteroatoms. The number of hydrogen-bond acceptors (Lipinski definition) is 6. The number of rotatable bonds is 7. The molecule has 0 radical (unpaired) electrons. The number of methoxy groups -OCH3 is 1. The highest BCUT2D eigenvalue weighted by atomic mass is 16.5. The second-order valence-electron chi connectivity index (χ2n) is 6.35. The molecule has 2 N–H and O–H groups in total. The fourth-order valence-corrected chi connectivity index (χ4v) is 2.85. The molecule has 0 unspecified atom stereocenters. The summed E-state index contributed by atoms with van der Waals surface area (Å²) < 4.78 is 5.33. The molecule has 0 aliphatic rings. The van der Waals surface area contributed by atoms with Crippen molar-refractivity contribution in [3.8, 4) is 11.8 Å². The highest BCUT2D eigenvalue weighted by molar-refractivity contribution is 5.92. The van der Waals surface area contributed by atoms with Crippen molar-refractivity contribution in [2.45, 2.75) is 13.3 Å². The topological polar surface area (TPSA) is 99.9 Å². The van der Waals surface area contributed by atoms with E-state index >= 15 is 0 Å². The van der Waals surface area contributed by atoms with Crippen molar-refractivity contribution in [1.82, 2.24) is 15.3 Å². The van der Waals surface area contributed by atoms with Crippen molar-refractivity contribution in [2.75, 3.05) is 19.0 Å². The smallest absolute Gasteiger partial charge is 0.270 e. The number of anilines is 2. The predicted molar refractivity (Wildman–Crippen MR) is 110 cm³/mol. The molecular formula is C22H21N5O2. The van der Waals surface area contributed by atoms with Gasteiger partial charge in [0.15, 0.2) is 0 Å². The molecule has 0 spiro atoms. The van der Waals surface area contributed by atoms with Crippen LogP contribution in [-0.4, -0.2) is 29.5 Å². The van der Waals surface area contributed by atoms with Crippen LogP contribution in [0.1, 0.15) is 27.3 Å². The van der Waals surface area contributed by atoms with Crippen LogP contribution in [0, 0.1) is 18.3 Å². The maximum absolute atomic E-state index is 12.5. The van der Waals surface area contributed by atoms with E-state index in [9.17, 15) is 4.79 Å². The molecule has 0 bridgehead atoms. The van der Waals surface area contributed by atoms with E-state index in [2.05, 4.69) is 26.7 Å². The Hall–Kier alpha value is -3.92. The Morgan fingerprint density at radius 1 is 1.14 bits per heavy atom. The van der Waals surface area contributed by atoms with Crippen LogP contribution >= 0.6 is 0 Å². The van der Waals surface area contributed by atoms with Crippen molar-refractivity contribution >= 4 is 17.5 Å². The number of benzene rings is 2. The van der Waals surface area contributed by atoms with Gasteiger partial charge in [0.2, 0.25) is 5.95 Å². The summed E-state index contributed by atoms with van der Waals surface area (Å²) in [5.41, 5.74) is 3.16. The fraction of sp³-hybridized carbons (Fsp3) is 0.182. The van der Waals surface area contributed by atoms with E-state index in [4.69, 9.17) is 10.00 Å². The Bertz CT molecular complexity index is 1060. The third-order valence-electron chi connectivity index (χ3n) is 4.21. The molecule has 7 nitrogen and oxygen atoms in total. The normalized spacial score (nSPS) is 10.1. The second kappa shape index (κ2) is 9.33. The van der Waals surface area contributed by atoms with Gasteiger partial charge in [-0.25, -0.2) is 9.97 Å². The zero-order valence-corrected chi connectivity index (χ0v) is 16.3. The molecule has 1 amide bonds. The summed E-state index contributed by atoms with van der Waals surface area (Å²) in [5.74, 6) is 0.819. The van der Waals surface area contributed by atoms with Crippen LogP contribution in [0.2, 0.25) is 0 Å². The number of hydrogen-bond donors (Lipinski definition) is 2. The van der Waals surface area contributed by atoms with Gasteiger partial charge in [0.1, 0.15) is 11.4 Å². The molecule has 0 saturated heterocycles. The van der Waals surface area contributed by atoms with Gasteiger partial charge in [-0.15, -0.1) is 0 Å². The number of carbonyl (C=O) groups is 1. The summed E-state index contributed by atoms with van der Waals surface area (Å²) >= 11 is 0. The van der Waals surface area contributed by atoms with Gasteiger partial charge in [0, 0.05) is 17.9 Å². The van der Waals surface area contributed by atoms with E-state index in [-0.39, 0.29) is 11.6 Å². The Labute approximate surface area is 169 Å². The third-order valence-corrected chi connectivity index (χ3v) is 4.21. The van der Waals surface area contributed by atoms with Gasteiger partial charge in [-0.3, -0.25) is 4.79 Å². The second-order valence-corrected chi connectivity index (χ2v) is 6.35. The standard InChI is InChI=1S/C22H21N5O2/c1-15-12-19(21(28)24-11-10-17-7-3-4-9-20(17)29-2)27-22(25-15)26-18-8-5-6-16(13-18)14-23/h3-9,12-13H,10-11H2,1-2H3,(H,24,28)(H,25,26,27). The van der Waals surface area contributed by atoms with Crippen LogP contribution in [0.3, 0.4) is 0 Å². The molecule has 0 fully saturated rings. The minimum Gasteiger partial charge on any atom is -0.496 e. The number of ether oxygens (including phenoxy) is 1. The van der Waals surface area contributed by atoms with Crippen molar-refractivity contribution in [3.63, 3.8) is 0 Å². The monoisotopic (exact) mass is 387 g/mol. The first-order chi connectivity index (χ1) is 14.1. The maximum Gasteiger partial charge on any atom is 0.270 e. The fourth-order valence-electron chi connectivity index (χ4n) is 2.85. The summed E-state index contributed by atoms with van der Waals surface area (Å²) in [7, 11) is 1.63. The number of nitriles is 1. The lowest BCUT2D eigenvalue weighted by molar-refractivity contribution is 0.0949. The van der Waals surface area contributed by atoms with Gasteiger partial charge in [0.25, 0.3) is 5.91 Å². The quantitative estimate of drug-likeness (QED) is 0.645. The van der Waals surface area contributed by atoms with E-state index in [1.54, 1.807) is 44.4 Å². The van der Waals surface area contributed by atoms with Crippen molar-refractivity contribution in [2.24, 2.45) is 0 Å². The zero-order chi connectivity index (χ0) is 20.6. The molecule has 0 aliphatic carbocycles. The predicted octanol–water partition coefficient (Wildman–Crippen LogP) is 3.38. The van der Waals surface area contributed by atoms with E-state index in [0.29, 0.717) is 35.9 Å². The number of aromatic nitrogens is 2. The number of carbonyl (C=O) groups excluding carboxylic acids is 1. The number of nitrogens with one attached hydrogen (secondary N) is 2. The number of amides is 1. The summed E-state index contributed by atoms with van der Waals surface area (Å²) in [4.78, 5) is 21.2. The molecule has 3 aromatic rings. The van der Waals surface area contributed by atoms with Gasteiger partial charge in [-0.05, 0) is 49.2 Å². The Balaban J connectivity index is 1.67. The van der Waals surface area contributed by atoms with Gasteiger partial charge in [-0.2, -0.15) is 5.26 Å². The lowest BCUT2D eigenvalue weighted by Crippen LogP contribution is -2.27. The molecule has 3 rings (SSSR count). The van der Waals surface area contributed by atoms with E-state index in [1.807, 2.05) is 24.3 Å². The molecule has 1 heterocycles. The van der Waals surface area contributed by atoms with Crippen LogP contribution in [0.4, 0.5) is 11.6 Å². The van der Waals surface area contributed by atoms with Crippen LogP contribution < -0.4 is 15.4 Å². The summed E-state index contributed by atoms with van der Waals surface area (Å²) in [6.07, 6.45) is 0.645.